The summed E-state index contributed by atoms with van der Waals surface area (Å²) in [5.74, 6) is -0.264. The number of nitrogens with zero attached hydrogens (tertiary/aromatic N) is 2. The Bertz CT molecular complexity index is 1030. The average molecular weight is 428 g/mol. The monoisotopic (exact) mass is 427 g/mol. The molecule has 3 aromatic rings. The van der Waals surface area contributed by atoms with Crippen molar-refractivity contribution in [2.75, 3.05) is 6.54 Å². The van der Waals surface area contributed by atoms with Crippen molar-refractivity contribution in [3.8, 4) is 11.3 Å². The molecule has 2 amide bonds. The number of halogens is 1. The maximum atomic E-state index is 13.3. The third-order valence-electron chi connectivity index (χ3n) is 5.07. The van der Waals surface area contributed by atoms with E-state index in [-0.39, 0.29) is 35.3 Å². The van der Waals surface area contributed by atoms with Crippen LogP contribution in [0.25, 0.3) is 11.3 Å². The van der Waals surface area contributed by atoms with E-state index in [1.807, 2.05) is 31.4 Å². The van der Waals surface area contributed by atoms with Gasteiger partial charge in [0.2, 0.25) is 5.91 Å². The number of carbonyl (C=O) groups excluding carboxylic acids is 2. The summed E-state index contributed by atoms with van der Waals surface area (Å²) in [6.07, 6.45) is 0.553. The molecule has 1 N–H and O–H groups in total. The molecule has 1 aliphatic heterocycles. The third kappa shape index (κ3) is 4.14. The van der Waals surface area contributed by atoms with Gasteiger partial charge in [-0.3, -0.25) is 9.59 Å². The number of carbonyl (C=O) groups is 2. The van der Waals surface area contributed by atoms with Crippen LogP contribution in [-0.4, -0.2) is 34.5 Å². The predicted octanol–water partition coefficient (Wildman–Crippen LogP) is 4.27. The Morgan fingerprint density at radius 1 is 1.33 bits per heavy atom. The Labute approximate surface area is 177 Å². The molecule has 0 spiro atoms. The lowest BCUT2D eigenvalue weighted by Gasteiger charge is -2.39. The van der Waals surface area contributed by atoms with Crippen LogP contribution in [0, 0.1) is 11.7 Å². The van der Waals surface area contributed by atoms with E-state index in [4.69, 9.17) is 4.52 Å². The van der Waals surface area contributed by atoms with E-state index in [1.165, 1.54) is 18.2 Å². The molecule has 0 aliphatic carbocycles. The number of benzene rings is 1. The summed E-state index contributed by atoms with van der Waals surface area (Å²) < 4.78 is 18.5. The highest BCUT2D eigenvalue weighted by molar-refractivity contribution is 7.10. The third-order valence-corrected chi connectivity index (χ3v) is 6.06. The van der Waals surface area contributed by atoms with Gasteiger partial charge in [-0.1, -0.05) is 25.1 Å². The van der Waals surface area contributed by atoms with Gasteiger partial charge in [0.1, 0.15) is 11.9 Å². The fraction of sp³-hybridized carbons (Fsp3) is 0.318. The normalized spacial score (nSPS) is 19.2. The Hall–Kier alpha value is -3.00. The molecule has 3 heterocycles. The summed E-state index contributed by atoms with van der Waals surface area (Å²) in [6, 6.07) is 10.3. The second-order valence-corrected chi connectivity index (χ2v) is 8.74. The van der Waals surface area contributed by atoms with Crippen LogP contribution >= 0.6 is 11.3 Å². The minimum absolute atomic E-state index is 0.128. The second-order valence-electron chi connectivity index (χ2n) is 7.76. The van der Waals surface area contributed by atoms with Crippen LogP contribution in [0.5, 0.6) is 0 Å². The van der Waals surface area contributed by atoms with Crippen molar-refractivity contribution in [2.45, 2.75) is 32.4 Å². The van der Waals surface area contributed by atoms with Crippen molar-refractivity contribution in [3.05, 3.63) is 64.2 Å². The molecule has 156 valence electrons. The van der Waals surface area contributed by atoms with Crippen molar-refractivity contribution >= 4 is 23.2 Å². The van der Waals surface area contributed by atoms with Gasteiger partial charge in [0, 0.05) is 23.1 Å². The molecule has 1 aromatic carbocycles. The Morgan fingerprint density at radius 3 is 2.77 bits per heavy atom. The zero-order valence-corrected chi connectivity index (χ0v) is 17.5. The van der Waals surface area contributed by atoms with E-state index in [0.717, 1.165) is 4.88 Å². The predicted molar refractivity (Wildman–Crippen MR) is 111 cm³/mol. The number of thiophene rings is 1. The largest absolute Gasteiger partial charge is 0.355 e. The minimum atomic E-state index is -0.570. The first-order valence-corrected chi connectivity index (χ1v) is 10.7. The van der Waals surface area contributed by atoms with Gasteiger partial charge in [-0.25, -0.2) is 4.39 Å². The van der Waals surface area contributed by atoms with E-state index < -0.39 is 6.04 Å². The van der Waals surface area contributed by atoms with Crippen LogP contribution in [0.3, 0.4) is 0 Å². The summed E-state index contributed by atoms with van der Waals surface area (Å²) in [4.78, 5) is 28.8. The summed E-state index contributed by atoms with van der Waals surface area (Å²) >= 11 is 1.54. The molecule has 6 nitrogen and oxygen atoms in total. The van der Waals surface area contributed by atoms with Crippen LogP contribution in [0.15, 0.2) is 52.4 Å². The van der Waals surface area contributed by atoms with Crippen molar-refractivity contribution < 1.29 is 18.5 Å². The fourth-order valence-corrected chi connectivity index (χ4v) is 4.38. The average Bonchev–Trinajstić information content (AvgIpc) is 3.41. The molecule has 1 saturated heterocycles. The molecular weight excluding hydrogens is 405 g/mol. The zero-order chi connectivity index (χ0) is 21.3. The zero-order valence-electron chi connectivity index (χ0n) is 16.7. The van der Waals surface area contributed by atoms with E-state index in [0.29, 0.717) is 24.3 Å². The van der Waals surface area contributed by atoms with Gasteiger partial charge in [-0.15, -0.1) is 11.3 Å². The quantitative estimate of drug-likeness (QED) is 0.660. The second kappa shape index (κ2) is 8.39. The highest BCUT2D eigenvalue weighted by atomic mass is 32.1. The first kappa shape index (κ1) is 20.3. The molecule has 0 unspecified atom stereocenters. The van der Waals surface area contributed by atoms with Crippen molar-refractivity contribution in [1.29, 1.82) is 0 Å². The minimum Gasteiger partial charge on any atom is -0.355 e. The highest BCUT2D eigenvalue weighted by Crippen LogP contribution is 2.29. The number of hydrogen-bond donors (Lipinski definition) is 1. The van der Waals surface area contributed by atoms with Crippen LogP contribution in [0.4, 0.5) is 4.39 Å². The number of hydrogen-bond acceptors (Lipinski definition) is 5. The molecule has 1 aliphatic rings. The highest BCUT2D eigenvalue weighted by Gasteiger charge is 2.39. The van der Waals surface area contributed by atoms with E-state index in [1.54, 1.807) is 28.4 Å². The van der Waals surface area contributed by atoms with Gasteiger partial charge in [0.05, 0.1) is 6.04 Å². The van der Waals surface area contributed by atoms with Gasteiger partial charge in [0.15, 0.2) is 11.5 Å². The van der Waals surface area contributed by atoms with Crippen molar-refractivity contribution in [2.24, 2.45) is 5.92 Å². The number of amides is 2. The topological polar surface area (TPSA) is 75.4 Å². The molecule has 0 bridgehead atoms. The molecule has 2 atom stereocenters. The van der Waals surface area contributed by atoms with Crippen LogP contribution < -0.4 is 5.32 Å². The van der Waals surface area contributed by atoms with Gasteiger partial charge in [0.25, 0.3) is 5.91 Å². The number of piperazine rings is 1. The SMILES string of the molecule is CC(C)C[C@H]1C(=O)N[C@@H](c2cccs2)CN1C(=O)c1cc(-c2ccc(F)cc2)on1. The van der Waals surface area contributed by atoms with Gasteiger partial charge in [-0.05, 0) is 48.1 Å². The first-order valence-electron chi connectivity index (χ1n) is 9.79. The van der Waals surface area contributed by atoms with Crippen molar-refractivity contribution in [3.63, 3.8) is 0 Å². The van der Waals surface area contributed by atoms with Gasteiger partial charge in [-0.2, -0.15) is 0 Å². The lowest BCUT2D eigenvalue weighted by atomic mass is 9.97. The Kier molecular flexibility index (Phi) is 5.67. The maximum absolute atomic E-state index is 13.3. The standard InChI is InChI=1S/C22H22FN3O3S/c1-13(2)10-18-21(27)24-17(20-4-3-9-30-20)12-26(18)22(28)16-11-19(29-25-16)14-5-7-15(23)8-6-14/h3-9,11,13,17-18H,10,12H2,1-2H3,(H,24,27)/t17-,18+/m1/s1. The Balaban J connectivity index is 1.61. The molecule has 4 rings (SSSR count). The van der Waals surface area contributed by atoms with Crippen LogP contribution in [-0.2, 0) is 4.79 Å². The van der Waals surface area contributed by atoms with Gasteiger partial charge >= 0.3 is 0 Å². The lowest BCUT2D eigenvalue weighted by Crippen LogP contribution is -2.58. The molecule has 0 radical (unpaired) electrons. The smallest absolute Gasteiger partial charge is 0.276 e. The number of aromatic nitrogens is 1. The molecule has 0 saturated carbocycles. The lowest BCUT2D eigenvalue weighted by molar-refractivity contribution is -0.130. The summed E-state index contributed by atoms with van der Waals surface area (Å²) in [7, 11) is 0. The van der Waals surface area contributed by atoms with E-state index in [2.05, 4.69) is 10.5 Å². The van der Waals surface area contributed by atoms with Crippen LogP contribution in [0.2, 0.25) is 0 Å². The van der Waals surface area contributed by atoms with Crippen molar-refractivity contribution in [1.82, 2.24) is 15.4 Å². The fourth-order valence-electron chi connectivity index (χ4n) is 3.61. The number of rotatable bonds is 5. The molecule has 2 aromatic heterocycles. The first-order chi connectivity index (χ1) is 14.4. The summed E-state index contributed by atoms with van der Waals surface area (Å²) in [5, 5.41) is 8.92. The number of nitrogens with one attached hydrogen (secondary N) is 1. The molecule has 1 fully saturated rings. The molecular formula is C22H22FN3O3S. The molecule has 8 heteroatoms. The summed E-state index contributed by atoms with van der Waals surface area (Å²) in [6.45, 7) is 4.40. The van der Waals surface area contributed by atoms with Gasteiger partial charge < -0.3 is 14.7 Å². The summed E-state index contributed by atoms with van der Waals surface area (Å²) in [5.41, 5.74) is 0.747. The molecule has 30 heavy (non-hydrogen) atoms. The Morgan fingerprint density at radius 2 is 2.10 bits per heavy atom. The van der Waals surface area contributed by atoms with E-state index in [9.17, 15) is 14.0 Å². The van der Waals surface area contributed by atoms with Crippen LogP contribution in [0.1, 0.15) is 41.7 Å². The van der Waals surface area contributed by atoms with E-state index >= 15 is 0 Å². The maximum Gasteiger partial charge on any atom is 0.276 e.